The Hall–Kier alpha value is -2.94. The number of pyridine rings is 1. The van der Waals surface area contributed by atoms with Crippen molar-refractivity contribution in [2.24, 2.45) is 5.92 Å². The Morgan fingerprint density at radius 1 is 1.28 bits per heavy atom. The highest BCUT2D eigenvalue weighted by Gasteiger charge is 2.35. The molecular formula is C20H25N5O3S. The lowest BCUT2D eigenvalue weighted by molar-refractivity contribution is -0.146. The fraction of sp³-hybridized carbons (Fsp3) is 0.400. The third-order valence-electron chi connectivity index (χ3n) is 5.06. The summed E-state index contributed by atoms with van der Waals surface area (Å²) in [4.78, 5) is 44.6. The summed E-state index contributed by atoms with van der Waals surface area (Å²) in [5, 5.41) is 5.22. The number of hydrogen-bond donors (Lipinski definition) is 3. The molecule has 0 bridgehead atoms. The van der Waals surface area contributed by atoms with Gasteiger partial charge in [0.05, 0.1) is 22.8 Å². The molecule has 0 spiro atoms. The van der Waals surface area contributed by atoms with E-state index in [1.54, 1.807) is 31.0 Å². The highest BCUT2D eigenvalue weighted by atomic mass is 32.1. The van der Waals surface area contributed by atoms with Crippen molar-refractivity contribution in [3.05, 3.63) is 39.7 Å². The lowest BCUT2D eigenvalue weighted by Gasteiger charge is -2.37. The molecule has 0 aromatic carbocycles. The molecular weight excluding hydrogens is 390 g/mol. The number of piperidine rings is 1. The van der Waals surface area contributed by atoms with Crippen LogP contribution in [0, 0.1) is 12.8 Å². The van der Waals surface area contributed by atoms with Crippen LogP contribution in [0.15, 0.2) is 24.4 Å². The number of anilines is 2. The molecule has 9 heteroatoms. The van der Waals surface area contributed by atoms with E-state index in [0.29, 0.717) is 28.8 Å². The SMILES string of the molecule is CNC(=O)c1ccc([C@@H]2CC[C@@H](C)CN2C(=O)C(=O)Nc2cnc(N)c(C)c2)s1. The molecule has 0 saturated carbocycles. The number of nitrogen functional groups attached to an aromatic ring is 1. The van der Waals surface area contributed by atoms with E-state index in [4.69, 9.17) is 5.73 Å². The van der Waals surface area contributed by atoms with Gasteiger partial charge in [-0.3, -0.25) is 14.4 Å². The van der Waals surface area contributed by atoms with Crippen LogP contribution in [0.2, 0.25) is 0 Å². The number of nitrogens with one attached hydrogen (secondary N) is 2. The molecule has 3 amide bonds. The molecule has 3 heterocycles. The number of nitrogens with zero attached hydrogens (tertiary/aromatic N) is 2. The molecule has 1 aliphatic rings. The second-order valence-electron chi connectivity index (χ2n) is 7.32. The van der Waals surface area contributed by atoms with Crippen molar-refractivity contribution in [3.8, 4) is 0 Å². The van der Waals surface area contributed by atoms with E-state index in [9.17, 15) is 14.4 Å². The molecule has 1 saturated heterocycles. The van der Waals surface area contributed by atoms with Crippen molar-refractivity contribution in [1.82, 2.24) is 15.2 Å². The smallest absolute Gasteiger partial charge is 0.313 e. The van der Waals surface area contributed by atoms with E-state index in [2.05, 4.69) is 22.5 Å². The lowest BCUT2D eigenvalue weighted by Crippen LogP contribution is -2.46. The first-order valence-electron chi connectivity index (χ1n) is 9.46. The first kappa shape index (κ1) is 20.8. The van der Waals surface area contributed by atoms with Gasteiger partial charge in [0.15, 0.2) is 0 Å². The molecule has 29 heavy (non-hydrogen) atoms. The Kier molecular flexibility index (Phi) is 6.17. The van der Waals surface area contributed by atoms with Gasteiger partial charge in [0.2, 0.25) is 0 Å². The molecule has 2 atom stereocenters. The van der Waals surface area contributed by atoms with Crippen molar-refractivity contribution in [2.75, 3.05) is 24.6 Å². The fourth-order valence-corrected chi connectivity index (χ4v) is 4.52. The molecule has 8 nitrogen and oxygen atoms in total. The molecule has 0 aliphatic carbocycles. The first-order valence-corrected chi connectivity index (χ1v) is 10.3. The van der Waals surface area contributed by atoms with Gasteiger partial charge in [-0.15, -0.1) is 11.3 Å². The van der Waals surface area contributed by atoms with Gasteiger partial charge in [0.1, 0.15) is 5.82 Å². The maximum atomic E-state index is 13.0. The van der Waals surface area contributed by atoms with E-state index in [1.165, 1.54) is 17.5 Å². The molecule has 1 aliphatic heterocycles. The van der Waals surface area contributed by atoms with E-state index in [-0.39, 0.29) is 11.9 Å². The van der Waals surface area contributed by atoms with E-state index < -0.39 is 11.8 Å². The predicted molar refractivity (Wildman–Crippen MR) is 113 cm³/mol. The maximum Gasteiger partial charge on any atom is 0.313 e. The highest BCUT2D eigenvalue weighted by molar-refractivity contribution is 7.14. The van der Waals surface area contributed by atoms with Crippen molar-refractivity contribution >= 4 is 40.6 Å². The zero-order valence-electron chi connectivity index (χ0n) is 16.7. The summed E-state index contributed by atoms with van der Waals surface area (Å²) in [6.45, 7) is 4.33. The molecule has 4 N–H and O–H groups in total. The van der Waals surface area contributed by atoms with Gasteiger partial charge < -0.3 is 21.3 Å². The van der Waals surface area contributed by atoms with Crippen molar-refractivity contribution in [3.63, 3.8) is 0 Å². The van der Waals surface area contributed by atoms with Gasteiger partial charge in [-0.2, -0.15) is 0 Å². The summed E-state index contributed by atoms with van der Waals surface area (Å²) >= 11 is 1.35. The molecule has 0 radical (unpaired) electrons. The number of rotatable bonds is 3. The maximum absolute atomic E-state index is 13.0. The number of thiophene rings is 1. The number of aryl methyl sites for hydroxylation is 1. The lowest BCUT2D eigenvalue weighted by atomic mass is 9.93. The van der Waals surface area contributed by atoms with Gasteiger partial charge in [-0.25, -0.2) is 4.98 Å². The summed E-state index contributed by atoms with van der Waals surface area (Å²) in [6, 6.07) is 5.07. The van der Waals surface area contributed by atoms with Gasteiger partial charge in [-0.1, -0.05) is 6.92 Å². The Bertz CT molecular complexity index is 942. The standard InChI is InChI=1S/C20H25N5O3S/c1-11-4-5-14(15-6-7-16(29-15)18(26)22-3)25(10-11)20(28)19(27)24-13-8-12(2)17(21)23-9-13/h6-9,11,14H,4-5,10H2,1-3H3,(H2,21,23)(H,22,26)(H,24,27)/t11-,14+/m1/s1. The van der Waals surface area contributed by atoms with Crippen molar-refractivity contribution in [2.45, 2.75) is 32.7 Å². The monoisotopic (exact) mass is 415 g/mol. The summed E-state index contributed by atoms with van der Waals surface area (Å²) < 4.78 is 0. The van der Waals surface area contributed by atoms with Crippen molar-refractivity contribution in [1.29, 1.82) is 0 Å². The van der Waals surface area contributed by atoms with Gasteiger partial charge >= 0.3 is 11.8 Å². The molecule has 154 valence electrons. The Morgan fingerprint density at radius 3 is 2.72 bits per heavy atom. The molecule has 2 aromatic rings. The second-order valence-corrected chi connectivity index (χ2v) is 8.43. The highest BCUT2D eigenvalue weighted by Crippen LogP contribution is 2.37. The van der Waals surface area contributed by atoms with Crippen LogP contribution < -0.4 is 16.4 Å². The van der Waals surface area contributed by atoms with Crippen LogP contribution in [0.25, 0.3) is 0 Å². The predicted octanol–water partition coefficient (Wildman–Crippen LogP) is 2.33. The van der Waals surface area contributed by atoms with Crippen LogP contribution in [0.5, 0.6) is 0 Å². The number of nitrogens with two attached hydrogens (primary N) is 1. The largest absolute Gasteiger partial charge is 0.383 e. The van der Waals surface area contributed by atoms with E-state index in [0.717, 1.165) is 23.3 Å². The van der Waals surface area contributed by atoms with Crippen molar-refractivity contribution < 1.29 is 14.4 Å². The van der Waals surface area contributed by atoms with Crippen LogP contribution in [0.1, 0.15) is 45.9 Å². The molecule has 1 fully saturated rings. The van der Waals surface area contributed by atoms with Gasteiger partial charge in [-0.05, 0) is 49.4 Å². The van der Waals surface area contributed by atoms with Gasteiger partial charge in [0.25, 0.3) is 5.91 Å². The Morgan fingerprint density at radius 2 is 2.03 bits per heavy atom. The normalized spacial score (nSPS) is 18.9. The minimum absolute atomic E-state index is 0.160. The second kappa shape index (κ2) is 8.60. The minimum Gasteiger partial charge on any atom is -0.383 e. The average Bonchev–Trinajstić information content (AvgIpc) is 3.19. The van der Waals surface area contributed by atoms with Crippen LogP contribution in [0.4, 0.5) is 11.5 Å². The fourth-order valence-electron chi connectivity index (χ4n) is 3.42. The summed E-state index contributed by atoms with van der Waals surface area (Å²) in [7, 11) is 1.58. The van der Waals surface area contributed by atoms with E-state index >= 15 is 0 Å². The third kappa shape index (κ3) is 4.56. The summed E-state index contributed by atoms with van der Waals surface area (Å²) in [6.07, 6.45) is 3.12. The number of likely N-dealkylation sites (tertiary alicyclic amines) is 1. The molecule has 3 rings (SSSR count). The third-order valence-corrected chi connectivity index (χ3v) is 6.24. The molecule has 0 unspecified atom stereocenters. The Balaban J connectivity index is 1.79. The number of hydrogen-bond acceptors (Lipinski definition) is 6. The average molecular weight is 416 g/mol. The van der Waals surface area contributed by atoms with Gasteiger partial charge in [0, 0.05) is 18.5 Å². The quantitative estimate of drug-likeness (QED) is 0.665. The topological polar surface area (TPSA) is 117 Å². The summed E-state index contributed by atoms with van der Waals surface area (Å²) in [5.41, 5.74) is 6.85. The summed E-state index contributed by atoms with van der Waals surface area (Å²) in [5.74, 6) is -0.790. The minimum atomic E-state index is -0.710. The van der Waals surface area contributed by atoms with Crippen LogP contribution >= 0.6 is 11.3 Å². The van der Waals surface area contributed by atoms with Crippen LogP contribution in [0.3, 0.4) is 0 Å². The number of amides is 3. The molecule has 2 aromatic heterocycles. The first-order chi connectivity index (χ1) is 13.8. The zero-order valence-corrected chi connectivity index (χ0v) is 17.5. The Labute approximate surface area is 173 Å². The van der Waals surface area contributed by atoms with Crippen LogP contribution in [-0.4, -0.2) is 41.2 Å². The zero-order chi connectivity index (χ0) is 21.1. The number of carbonyl (C=O) groups is 3. The van der Waals surface area contributed by atoms with Crippen LogP contribution in [-0.2, 0) is 9.59 Å². The number of carbonyl (C=O) groups excluding carboxylic acids is 3. The van der Waals surface area contributed by atoms with E-state index in [1.807, 2.05) is 6.07 Å². The number of aromatic nitrogens is 1.